The Balaban J connectivity index is 2.32. The van der Waals surface area contributed by atoms with Crippen LogP contribution in [0, 0.1) is 13.8 Å². The van der Waals surface area contributed by atoms with Gasteiger partial charge in [-0.15, -0.1) is 0 Å². The summed E-state index contributed by atoms with van der Waals surface area (Å²) in [6.07, 6.45) is 0. The van der Waals surface area contributed by atoms with Crippen molar-refractivity contribution in [3.63, 3.8) is 0 Å². The number of anilines is 1. The molecule has 1 heterocycles. The van der Waals surface area contributed by atoms with Crippen molar-refractivity contribution in [2.24, 2.45) is 7.05 Å². The summed E-state index contributed by atoms with van der Waals surface area (Å²) in [5.74, 6) is 1.59. The molecule has 1 N–H and O–H groups in total. The van der Waals surface area contributed by atoms with Gasteiger partial charge in [0, 0.05) is 24.4 Å². The molecule has 1 unspecified atom stereocenters. The third-order valence-corrected chi connectivity index (χ3v) is 3.78. The van der Waals surface area contributed by atoms with Gasteiger partial charge in [0.15, 0.2) is 0 Å². The third kappa shape index (κ3) is 2.96. The zero-order valence-corrected chi connectivity index (χ0v) is 13.5. The maximum atomic E-state index is 5.41. The highest BCUT2D eigenvalue weighted by atomic mass is 16.5. The molecule has 0 amide bonds. The van der Waals surface area contributed by atoms with Crippen molar-refractivity contribution < 1.29 is 9.47 Å². The molecule has 0 fully saturated rings. The summed E-state index contributed by atoms with van der Waals surface area (Å²) in [6, 6.07) is 5.85. The minimum absolute atomic E-state index is 0.125. The van der Waals surface area contributed by atoms with Crippen molar-refractivity contribution in [1.29, 1.82) is 0 Å². The van der Waals surface area contributed by atoms with E-state index in [9.17, 15) is 0 Å². The number of benzene rings is 1. The normalized spacial score (nSPS) is 12.1. The van der Waals surface area contributed by atoms with Gasteiger partial charge in [-0.05, 0) is 32.9 Å². The van der Waals surface area contributed by atoms with E-state index in [1.54, 1.807) is 14.2 Å². The Morgan fingerprint density at radius 2 is 1.90 bits per heavy atom. The molecule has 1 atom stereocenters. The molecule has 0 aliphatic heterocycles. The van der Waals surface area contributed by atoms with Gasteiger partial charge in [-0.2, -0.15) is 5.10 Å². The molecule has 0 aliphatic carbocycles. The van der Waals surface area contributed by atoms with E-state index in [-0.39, 0.29) is 6.04 Å². The topological polar surface area (TPSA) is 48.3 Å². The van der Waals surface area contributed by atoms with E-state index < -0.39 is 0 Å². The Bertz CT molecular complexity index is 635. The minimum atomic E-state index is 0.125. The molecule has 1 aromatic heterocycles. The average molecular weight is 289 g/mol. The first kappa shape index (κ1) is 15.2. The molecule has 0 spiro atoms. The molecule has 0 saturated carbocycles. The van der Waals surface area contributed by atoms with Gasteiger partial charge in [0.2, 0.25) is 0 Å². The molecular formula is C16H23N3O2. The zero-order chi connectivity index (χ0) is 15.6. The van der Waals surface area contributed by atoms with Crippen LogP contribution in [-0.4, -0.2) is 24.0 Å². The predicted octanol–water partition coefficient (Wildman–Crippen LogP) is 3.23. The van der Waals surface area contributed by atoms with Crippen molar-refractivity contribution in [1.82, 2.24) is 9.78 Å². The summed E-state index contributed by atoms with van der Waals surface area (Å²) in [6.45, 7) is 6.23. The van der Waals surface area contributed by atoms with Gasteiger partial charge < -0.3 is 14.8 Å². The van der Waals surface area contributed by atoms with Crippen LogP contribution in [0.2, 0.25) is 0 Å². The molecule has 0 bridgehead atoms. The molecule has 0 radical (unpaired) electrons. The standard InChI is InChI=1S/C16H23N3O2/c1-10(16-11(2)18-19(4)12(16)3)17-14-9-13(20-5)7-8-15(14)21-6/h7-10,17H,1-6H3. The van der Waals surface area contributed by atoms with Crippen LogP contribution in [0.5, 0.6) is 11.5 Å². The van der Waals surface area contributed by atoms with Gasteiger partial charge in [0.25, 0.3) is 0 Å². The highest BCUT2D eigenvalue weighted by Gasteiger charge is 2.17. The Morgan fingerprint density at radius 1 is 1.19 bits per heavy atom. The quantitative estimate of drug-likeness (QED) is 0.918. The maximum Gasteiger partial charge on any atom is 0.142 e. The number of aromatic nitrogens is 2. The SMILES string of the molecule is COc1ccc(OC)c(NC(C)c2c(C)nn(C)c2C)c1. The number of rotatable bonds is 5. The maximum absolute atomic E-state index is 5.41. The summed E-state index contributed by atoms with van der Waals surface area (Å²) in [7, 11) is 5.29. The largest absolute Gasteiger partial charge is 0.497 e. The molecule has 114 valence electrons. The van der Waals surface area contributed by atoms with Crippen LogP contribution in [-0.2, 0) is 7.05 Å². The van der Waals surface area contributed by atoms with Crippen LogP contribution in [0.1, 0.15) is 29.9 Å². The number of ether oxygens (including phenoxy) is 2. The smallest absolute Gasteiger partial charge is 0.142 e. The number of hydrogen-bond donors (Lipinski definition) is 1. The van der Waals surface area contributed by atoms with Crippen LogP contribution >= 0.6 is 0 Å². The number of methoxy groups -OCH3 is 2. The van der Waals surface area contributed by atoms with Crippen molar-refractivity contribution >= 4 is 5.69 Å². The molecule has 21 heavy (non-hydrogen) atoms. The van der Waals surface area contributed by atoms with Crippen LogP contribution < -0.4 is 14.8 Å². The average Bonchev–Trinajstić information content (AvgIpc) is 2.71. The van der Waals surface area contributed by atoms with Gasteiger partial charge >= 0.3 is 0 Å². The fraction of sp³-hybridized carbons (Fsp3) is 0.438. The van der Waals surface area contributed by atoms with E-state index in [2.05, 4.69) is 24.3 Å². The summed E-state index contributed by atoms with van der Waals surface area (Å²) < 4.78 is 12.6. The number of nitrogens with one attached hydrogen (secondary N) is 1. The molecule has 0 saturated heterocycles. The zero-order valence-electron chi connectivity index (χ0n) is 13.5. The van der Waals surface area contributed by atoms with E-state index >= 15 is 0 Å². The second kappa shape index (κ2) is 6.08. The Kier molecular flexibility index (Phi) is 4.40. The van der Waals surface area contributed by atoms with Crippen molar-refractivity contribution in [2.45, 2.75) is 26.8 Å². The van der Waals surface area contributed by atoms with Gasteiger partial charge in [-0.1, -0.05) is 0 Å². The molecule has 2 rings (SSSR count). The third-order valence-electron chi connectivity index (χ3n) is 3.78. The van der Waals surface area contributed by atoms with Crippen molar-refractivity contribution in [3.05, 3.63) is 35.2 Å². The summed E-state index contributed by atoms with van der Waals surface area (Å²) in [4.78, 5) is 0. The van der Waals surface area contributed by atoms with Gasteiger partial charge in [-0.25, -0.2) is 0 Å². The lowest BCUT2D eigenvalue weighted by atomic mass is 10.1. The molecular weight excluding hydrogens is 266 g/mol. The number of hydrogen-bond acceptors (Lipinski definition) is 4. The first-order valence-electron chi connectivity index (χ1n) is 6.96. The highest BCUT2D eigenvalue weighted by molar-refractivity contribution is 5.61. The Labute approximate surface area is 125 Å². The molecule has 2 aromatic rings. The molecule has 5 heteroatoms. The monoisotopic (exact) mass is 289 g/mol. The highest BCUT2D eigenvalue weighted by Crippen LogP contribution is 2.33. The second-order valence-corrected chi connectivity index (χ2v) is 5.14. The van der Waals surface area contributed by atoms with E-state index in [4.69, 9.17) is 9.47 Å². The first-order valence-corrected chi connectivity index (χ1v) is 6.96. The van der Waals surface area contributed by atoms with Crippen LogP contribution in [0.4, 0.5) is 5.69 Å². The van der Waals surface area contributed by atoms with Gasteiger partial charge in [-0.3, -0.25) is 4.68 Å². The van der Waals surface area contributed by atoms with Crippen molar-refractivity contribution in [3.8, 4) is 11.5 Å². The Hall–Kier alpha value is -2.17. The van der Waals surface area contributed by atoms with Crippen LogP contribution in [0.25, 0.3) is 0 Å². The Morgan fingerprint density at radius 3 is 2.43 bits per heavy atom. The van der Waals surface area contributed by atoms with E-state index in [0.717, 1.165) is 28.6 Å². The van der Waals surface area contributed by atoms with Crippen LogP contribution in [0.3, 0.4) is 0 Å². The fourth-order valence-electron chi connectivity index (χ4n) is 2.65. The molecule has 0 aliphatic rings. The van der Waals surface area contributed by atoms with Crippen LogP contribution in [0.15, 0.2) is 18.2 Å². The first-order chi connectivity index (χ1) is 9.97. The van der Waals surface area contributed by atoms with Gasteiger partial charge in [0.05, 0.1) is 31.6 Å². The second-order valence-electron chi connectivity index (χ2n) is 5.14. The van der Waals surface area contributed by atoms with E-state index in [0.29, 0.717) is 0 Å². The summed E-state index contributed by atoms with van der Waals surface area (Å²) in [5, 5.41) is 7.96. The lowest BCUT2D eigenvalue weighted by Crippen LogP contribution is -2.10. The summed E-state index contributed by atoms with van der Waals surface area (Å²) in [5.41, 5.74) is 4.32. The molecule has 1 aromatic carbocycles. The molecule has 5 nitrogen and oxygen atoms in total. The van der Waals surface area contributed by atoms with Crippen molar-refractivity contribution in [2.75, 3.05) is 19.5 Å². The minimum Gasteiger partial charge on any atom is -0.497 e. The number of nitrogens with zero attached hydrogens (tertiary/aromatic N) is 2. The van der Waals surface area contributed by atoms with Gasteiger partial charge in [0.1, 0.15) is 11.5 Å². The lowest BCUT2D eigenvalue weighted by Gasteiger charge is -2.19. The predicted molar refractivity (Wildman–Crippen MR) is 84.3 cm³/mol. The van der Waals surface area contributed by atoms with E-state index in [1.807, 2.05) is 36.9 Å². The summed E-state index contributed by atoms with van der Waals surface area (Å²) >= 11 is 0. The fourth-order valence-corrected chi connectivity index (χ4v) is 2.65. The van der Waals surface area contributed by atoms with E-state index in [1.165, 1.54) is 5.56 Å². The number of aryl methyl sites for hydroxylation is 2. The lowest BCUT2D eigenvalue weighted by molar-refractivity contribution is 0.404.